The van der Waals surface area contributed by atoms with Gasteiger partial charge in [0.1, 0.15) is 0 Å². The highest BCUT2D eigenvalue weighted by Gasteiger charge is 2.20. The van der Waals surface area contributed by atoms with Gasteiger partial charge >= 0.3 is 0 Å². The van der Waals surface area contributed by atoms with E-state index in [1.54, 1.807) is 0 Å². The summed E-state index contributed by atoms with van der Waals surface area (Å²) in [5.41, 5.74) is 0. The number of unbranched alkanes of at least 4 members (excludes halogenated alkanes) is 12. The molecule has 1 fully saturated rings. The highest BCUT2D eigenvalue weighted by Crippen LogP contribution is 2.11. The first-order chi connectivity index (χ1) is 12.6. The number of hydrogen-bond donors (Lipinski definition) is 0. The molecule has 1 aliphatic rings. The molecule has 0 aromatic heterocycles. The predicted octanol–water partition coefficient (Wildman–Crippen LogP) is 5.75. The van der Waals surface area contributed by atoms with Crippen LogP contribution in [-0.2, 0) is 9.84 Å². The molecule has 4 heteroatoms. The topological polar surface area (TPSA) is 37.4 Å². The normalized spacial score (nSPS) is 17.9. The lowest BCUT2D eigenvalue weighted by Crippen LogP contribution is -2.40. The zero-order valence-electron chi connectivity index (χ0n) is 17.3. The van der Waals surface area contributed by atoms with Crippen molar-refractivity contribution < 1.29 is 8.42 Å². The fourth-order valence-corrected chi connectivity index (χ4v) is 4.83. The maximum Gasteiger partial charge on any atom is 0.152 e. The Morgan fingerprint density at radius 1 is 0.692 bits per heavy atom. The third-order valence-electron chi connectivity index (χ3n) is 5.42. The quantitative estimate of drug-likeness (QED) is 0.250. The number of hydrogen-bond acceptors (Lipinski definition) is 3. The minimum Gasteiger partial charge on any atom is -0.301 e. The number of sulfone groups is 1. The summed E-state index contributed by atoms with van der Waals surface area (Å²) in [6.07, 6.45) is 23.5. The zero-order chi connectivity index (χ0) is 18.9. The molecule has 0 N–H and O–H groups in total. The SMILES string of the molecule is CCCCCCCC/C=C\CCCCCCCCN1CCS(=O)(=O)CC1. The van der Waals surface area contributed by atoms with Crippen molar-refractivity contribution in [3.8, 4) is 0 Å². The minimum atomic E-state index is -2.72. The molecule has 1 heterocycles. The second-order valence-corrected chi connectivity index (χ2v) is 10.2. The molecular weight excluding hydrogens is 342 g/mol. The van der Waals surface area contributed by atoms with Crippen LogP contribution in [0.3, 0.4) is 0 Å². The van der Waals surface area contributed by atoms with Gasteiger partial charge in [0.25, 0.3) is 0 Å². The summed E-state index contributed by atoms with van der Waals surface area (Å²) in [6, 6.07) is 0. The first-order valence-electron chi connectivity index (χ1n) is 11.2. The van der Waals surface area contributed by atoms with E-state index in [1.807, 2.05) is 0 Å². The average molecular weight is 386 g/mol. The Balaban J connectivity index is 1.77. The molecule has 0 unspecified atom stereocenters. The Kier molecular flexibility index (Phi) is 14.3. The molecule has 154 valence electrons. The van der Waals surface area contributed by atoms with Gasteiger partial charge in [0.15, 0.2) is 9.84 Å². The van der Waals surface area contributed by atoms with Crippen LogP contribution in [0.5, 0.6) is 0 Å². The smallest absolute Gasteiger partial charge is 0.152 e. The van der Waals surface area contributed by atoms with Crippen molar-refractivity contribution in [3.05, 3.63) is 12.2 Å². The first kappa shape index (κ1) is 23.7. The van der Waals surface area contributed by atoms with E-state index in [0.29, 0.717) is 11.5 Å². The molecule has 0 radical (unpaired) electrons. The maximum atomic E-state index is 11.4. The molecule has 1 aliphatic heterocycles. The third kappa shape index (κ3) is 13.8. The summed E-state index contributed by atoms with van der Waals surface area (Å²) < 4.78 is 22.8. The van der Waals surface area contributed by atoms with E-state index in [-0.39, 0.29) is 0 Å². The van der Waals surface area contributed by atoms with Crippen molar-refractivity contribution in [1.29, 1.82) is 0 Å². The van der Waals surface area contributed by atoms with Crippen molar-refractivity contribution in [3.63, 3.8) is 0 Å². The van der Waals surface area contributed by atoms with E-state index in [0.717, 1.165) is 19.6 Å². The van der Waals surface area contributed by atoms with Crippen LogP contribution in [0.2, 0.25) is 0 Å². The van der Waals surface area contributed by atoms with Crippen LogP contribution in [-0.4, -0.2) is 44.5 Å². The predicted molar refractivity (Wildman–Crippen MR) is 115 cm³/mol. The van der Waals surface area contributed by atoms with E-state index < -0.39 is 9.84 Å². The molecule has 0 atom stereocenters. The minimum absolute atomic E-state index is 0.360. The van der Waals surface area contributed by atoms with Crippen LogP contribution in [0.1, 0.15) is 96.8 Å². The number of allylic oxidation sites excluding steroid dienone is 2. The average Bonchev–Trinajstić information content (AvgIpc) is 2.62. The summed E-state index contributed by atoms with van der Waals surface area (Å²) in [5, 5.41) is 0. The van der Waals surface area contributed by atoms with Crippen LogP contribution < -0.4 is 0 Å². The van der Waals surface area contributed by atoms with E-state index in [4.69, 9.17) is 0 Å². The van der Waals surface area contributed by atoms with Gasteiger partial charge in [0.05, 0.1) is 11.5 Å². The van der Waals surface area contributed by atoms with Crippen molar-refractivity contribution in [1.82, 2.24) is 4.90 Å². The van der Waals surface area contributed by atoms with Gasteiger partial charge in [-0.05, 0) is 38.6 Å². The molecule has 0 aromatic carbocycles. The summed E-state index contributed by atoms with van der Waals surface area (Å²) in [5.74, 6) is 0.721. The molecule has 0 aliphatic carbocycles. The Hall–Kier alpha value is -0.350. The van der Waals surface area contributed by atoms with Gasteiger partial charge in [-0.3, -0.25) is 0 Å². The van der Waals surface area contributed by atoms with Crippen LogP contribution in [0.4, 0.5) is 0 Å². The maximum absolute atomic E-state index is 11.4. The monoisotopic (exact) mass is 385 g/mol. The largest absolute Gasteiger partial charge is 0.301 e. The Morgan fingerprint density at radius 2 is 1.15 bits per heavy atom. The summed E-state index contributed by atoms with van der Waals surface area (Å²) >= 11 is 0. The van der Waals surface area contributed by atoms with Gasteiger partial charge in [0.2, 0.25) is 0 Å². The Morgan fingerprint density at radius 3 is 1.69 bits per heavy atom. The molecule has 26 heavy (non-hydrogen) atoms. The molecule has 0 saturated carbocycles. The molecule has 1 rings (SSSR count). The van der Waals surface area contributed by atoms with Gasteiger partial charge in [-0.25, -0.2) is 8.42 Å². The Labute approximate surface area is 163 Å². The summed E-state index contributed by atoms with van der Waals surface area (Å²) in [7, 11) is -2.72. The van der Waals surface area contributed by atoms with Crippen molar-refractivity contribution in [2.24, 2.45) is 0 Å². The molecular formula is C22H43NO2S. The fourth-order valence-electron chi connectivity index (χ4n) is 3.56. The molecule has 3 nitrogen and oxygen atoms in total. The number of nitrogens with zero attached hydrogens (tertiary/aromatic N) is 1. The standard InChI is InChI=1S/C22H43NO2S/c1-2-3-4-5-6-7-8-9-10-11-12-13-14-15-16-17-18-23-19-21-26(24,25)22-20-23/h9-10H,2-8,11-22H2,1H3/b10-9-. The zero-order valence-corrected chi connectivity index (χ0v) is 18.1. The van der Waals surface area contributed by atoms with E-state index >= 15 is 0 Å². The van der Waals surface area contributed by atoms with Crippen molar-refractivity contribution in [2.75, 3.05) is 31.1 Å². The highest BCUT2D eigenvalue weighted by molar-refractivity contribution is 7.91. The molecule has 1 saturated heterocycles. The Bertz CT molecular complexity index is 431. The van der Waals surface area contributed by atoms with Crippen molar-refractivity contribution >= 4 is 9.84 Å². The van der Waals surface area contributed by atoms with Gasteiger partial charge in [-0.15, -0.1) is 0 Å². The van der Waals surface area contributed by atoms with Crippen LogP contribution in [0.15, 0.2) is 12.2 Å². The van der Waals surface area contributed by atoms with Gasteiger partial charge in [-0.1, -0.05) is 76.9 Å². The lowest BCUT2D eigenvalue weighted by Gasteiger charge is -2.26. The van der Waals surface area contributed by atoms with Crippen LogP contribution in [0.25, 0.3) is 0 Å². The van der Waals surface area contributed by atoms with E-state index in [2.05, 4.69) is 24.0 Å². The van der Waals surface area contributed by atoms with Crippen molar-refractivity contribution in [2.45, 2.75) is 96.8 Å². The molecule has 0 amide bonds. The summed E-state index contributed by atoms with van der Waals surface area (Å²) in [4.78, 5) is 2.32. The third-order valence-corrected chi connectivity index (χ3v) is 7.03. The molecule has 0 bridgehead atoms. The van der Waals surface area contributed by atoms with Crippen LogP contribution in [0, 0.1) is 0 Å². The van der Waals surface area contributed by atoms with Gasteiger partial charge in [-0.2, -0.15) is 0 Å². The lowest BCUT2D eigenvalue weighted by atomic mass is 10.1. The number of rotatable bonds is 16. The molecule has 0 aromatic rings. The summed E-state index contributed by atoms with van der Waals surface area (Å²) in [6.45, 7) is 4.84. The van der Waals surface area contributed by atoms with E-state index in [9.17, 15) is 8.42 Å². The second-order valence-electron chi connectivity index (χ2n) is 7.93. The van der Waals surface area contributed by atoms with Gasteiger partial charge < -0.3 is 4.90 Å². The second kappa shape index (κ2) is 15.7. The molecule has 0 spiro atoms. The first-order valence-corrected chi connectivity index (χ1v) is 13.0. The van der Waals surface area contributed by atoms with Gasteiger partial charge in [0, 0.05) is 13.1 Å². The fraction of sp³-hybridized carbons (Fsp3) is 0.909. The van der Waals surface area contributed by atoms with Crippen LogP contribution >= 0.6 is 0 Å². The van der Waals surface area contributed by atoms with E-state index in [1.165, 1.54) is 89.9 Å². The lowest BCUT2D eigenvalue weighted by molar-refractivity contribution is 0.287. The highest BCUT2D eigenvalue weighted by atomic mass is 32.2.